The highest BCUT2D eigenvalue weighted by Crippen LogP contribution is 2.39. The number of pyridine rings is 6. The monoisotopic (exact) mass is 2010 g/mol. The molecule has 2 amide bonds. The van der Waals surface area contributed by atoms with Crippen LogP contribution in [0.25, 0.3) is 65.4 Å². The maximum Gasteiger partial charge on any atom is 0.382 e. The maximum absolute atomic E-state index is 12.7. The van der Waals surface area contributed by atoms with Crippen LogP contribution in [0.2, 0.25) is 0 Å². The number of hydrogen-bond acceptors (Lipinski definition) is 33. The van der Waals surface area contributed by atoms with Crippen molar-refractivity contribution in [2.75, 3.05) is 33.0 Å². The second-order valence-electron chi connectivity index (χ2n) is 37.8. The maximum atomic E-state index is 12.7. The number of benzene rings is 6. The summed E-state index contributed by atoms with van der Waals surface area (Å²) in [7, 11) is 0. The molecule has 0 aliphatic carbocycles. The Kier molecular flexibility index (Phi) is 41.1. The van der Waals surface area contributed by atoms with E-state index in [1.54, 1.807) is 169 Å². The topological polar surface area (TPSA) is 510 Å². The minimum atomic E-state index is -1.22. The third kappa shape index (κ3) is 31.4. The van der Waals surface area contributed by atoms with Crippen molar-refractivity contribution in [3.8, 4) is 34.5 Å². The quantitative estimate of drug-likeness (QED) is 0.00844. The summed E-state index contributed by atoms with van der Waals surface area (Å²) in [5.74, 6) is -10.2. The Balaban J connectivity index is 0.000000217. The second-order valence-corrected chi connectivity index (χ2v) is 37.8. The molecule has 1 fully saturated rings. The number of amides is 2. The molecule has 0 radical (unpaired) electrons. The van der Waals surface area contributed by atoms with Gasteiger partial charge in [-0.3, -0.25) is 33.6 Å². The summed E-state index contributed by atoms with van der Waals surface area (Å²) in [5, 5.41) is 42.3. The smallest absolute Gasteiger partial charge is 0.382 e. The summed E-state index contributed by atoms with van der Waals surface area (Å²) in [4.78, 5) is 211. The van der Waals surface area contributed by atoms with E-state index in [0.717, 1.165) is 84.6 Å². The van der Waals surface area contributed by atoms with Crippen LogP contribution in [-0.2, 0) is 57.3 Å². The third-order valence-corrected chi connectivity index (χ3v) is 21.3. The zero-order valence-electron chi connectivity index (χ0n) is 85.6. The van der Waals surface area contributed by atoms with Gasteiger partial charge < -0.3 is 67.9 Å². The Morgan fingerprint density at radius 3 is 0.856 bits per heavy atom. The van der Waals surface area contributed by atoms with Crippen LogP contribution in [0.15, 0.2) is 146 Å². The number of nitrogens with zero attached hydrogens (tertiary/aromatic N) is 7. The number of hydrogen-bond donors (Lipinski definition) is 4. The number of esters is 9. The van der Waals surface area contributed by atoms with Crippen LogP contribution in [-0.4, -0.2) is 178 Å². The summed E-state index contributed by atoms with van der Waals surface area (Å²) in [6.45, 7) is 37.3. The molecular weight excluding hydrogens is 1880 g/mol. The Labute approximate surface area is 843 Å². The normalized spacial score (nSPS) is 11.7. The van der Waals surface area contributed by atoms with Crippen LogP contribution in [0.3, 0.4) is 0 Å². The molecule has 6 aromatic heterocycles. The number of phenolic OH excluding ortho intramolecular Hbond substituents is 1. The van der Waals surface area contributed by atoms with Crippen molar-refractivity contribution >= 4 is 155 Å². The molecule has 1 aliphatic rings. The van der Waals surface area contributed by atoms with Crippen LogP contribution in [0.4, 0.5) is 0 Å². The SMILES string of the molecule is CCCCOC(=O)c1ccc2ccc(C(=O)O)nc2c1OC(=O)C(C)(C)C.CCCCOC(=O)c1ccc2ccc(C(=O)ON3C(=O)CCC3=O)nc2c1OC(=O)C(C)(C)C.CCCCOC(=O)c1ccc2ccc(C)nc2c1O.CCCCOC(=O)c1ccc2ccc(C)nc2c1OC(=O)C(C)(C)C.CCCCOC(=O)c1ccc2ccc(C=O)nc2c1OC(=O)C(C)(C)C.Cc1ccc2ccc(C(=O)O)c(O)c2n1. The summed E-state index contributed by atoms with van der Waals surface area (Å²) in [6, 6.07) is 39.2. The number of unbranched alkanes of at least 4 members (excludes halogenated alkanes) is 5. The molecule has 0 bridgehead atoms. The number of carboxylic acid groups (broad SMARTS) is 2. The molecule has 1 saturated heterocycles. The van der Waals surface area contributed by atoms with E-state index in [1.807, 2.05) is 78.8 Å². The number of rotatable bonds is 29. The number of hydroxylamine groups is 2. The molecule has 0 unspecified atom stereocenters. The molecule has 12 aromatic rings. The lowest BCUT2D eigenvalue weighted by Gasteiger charge is -2.19. The molecule has 0 saturated carbocycles. The number of ether oxygens (including phenoxy) is 9. The van der Waals surface area contributed by atoms with Crippen LogP contribution in [0, 0.1) is 42.4 Å². The highest BCUT2D eigenvalue weighted by molar-refractivity contribution is 6.08. The highest BCUT2D eigenvalue weighted by atomic mass is 16.7. The number of carbonyl (C=O) groups is 15. The Morgan fingerprint density at radius 2 is 0.555 bits per heavy atom. The lowest BCUT2D eigenvalue weighted by Crippen LogP contribution is -2.32. The number of imide groups is 1. The molecule has 146 heavy (non-hydrogen) atoms. The average Bonchev–Trinajstić information content (AvgIpc) is 0.946. The minimum Gasteiger partial charge on any atom is -0.505 e. The zero-order chi connectivity index (χ0) is 108. The van der Waals surface area contributed by atoms with Crippen molar-refractivity contribution in [2.24, 2.45) is 21.7 Å². The van der Waals surface area contributed by atoms with Gasteiger partial charge in [0.2, 0.25) is 0 Å². The lowest BCUT2D eigenvalue weighted by molar-refractivity contribution is -0.172. The van der Waals surface area contributed by atoms with E-state index >= 15 is 0 Å². The molecule has 772 valence electrons. The number of aromatic hydroxyl groups is 2. The predicted octanol–water partition coefficient (Wildman–Crippen LogP) is 20.8. The first kappa shape index (κ1) is 115. The van der Waals surface area contributed by atoms with E-state index < -0.39 is 105 Å². The number of fused-ring (bicyclic) bond motifs is 6. The summed E-state index contributed by atoms with van der Waals surface area (Å²) in [5.41, 5.74) is 0.930. The first-order valence-electron chi connectivity index (χ1n) is 47.6. The summed E-state index contributed by atoms with van der Waals surface area (Å²) < 4.78 is 48.4. The zero-order valence-corrected chi connectivity index (χ0v) is 85.6. The fourth-order valence-electron chi connectivity index (χ4n) is 12.7. The number of aromatic nitrogens is 6. The Morgan fingerprint density at radius 1 is 0.308 bits per heavy atom. The molecule has 6 aromatic carbocycles. The highest BCUT2D eigenvalue weighted by Gasteiger charge is 2.37. The van der Waals surface area contributed by atoms with Gasteiger partial charge in [-0.15, -0.1) is 5.06 Å². The van der Waals surface area contributed by atoms with E-state index in [1.165, 1.54) is 36.4 Å². The van der Waals surface area contributed by atoms with E-state index in [4.69, 9.17) is 52.6 Å². The molecule has 36 heteroatoms. The van der Waals surface area contributed by atoms with Gasteiger partial charge in [-0.2, -0.15) is 0 Å². The van der Waals surface area contributed by atoms with Crippen molar-refractivity contribution in [1.29, 1.82) is 0 Å². The number of phenols is 2. The number of aldehydes is 1. The van der Waals surface area contributed by atoms with Gasteiger partial charge in [0.25, 0.3) is 11.8 Å². The largest absolute Gasteiger partial charge is 0.505 e. The molecule has 1 aliphatic heterocycles. The molecule has 0 spiro atoms. The van der Waals surface area contributed by atoms with Gasteiger partial charge in [0.1, 0.15) is 77.9 Å². The first-order valence-corrected chi connectivity index (χ1v) is 47.6. The molecule has 13 rings (SSSR count). The Bertz CT molecular complexity index is 6910. The molecule has 36 nitrogen and oxygen atoms in total. The average molecular weight is 2010 g/mol. The van der Waals surface area contributed by atoms with Gasteiger partial charge in [0, 0.05) is 62.2 Å². The van der Waals surface area contributed by atoms with E-state index in [0.29, 0.717) is 70.1 Å². The van der Waals surface area contributed by atoms with Gasteiger partial charge in [-0.25, -0.2) is 68.3 Å². The predicted molar refractivity (Wildman–Crippen MR) is 540 cm³/mol. The number of aromatic carboxylic acids is 2. The van der Waals surface area contributed by atoms with Crippen molar-refractivity contribution < 1.29 is 140 Å². The standard InChI is InChI=1S/C24H26N2O8.C20H23NO6.C20H23NO5.C20H25NO4.C15H17NO3.C11H9NO3/c1-5-6-13-32-21(29)15-9-7-14-8-10-16(22(30)34-26-17(27)11-12-18(26)28)25-19(14)20(15)33-23(31)24(2,3)4;1-5-6-11-26-18(24)13-9-7-12-8-10-14(17(22)23)21-15(12)16(13)27-19(25)20(2,3)4;1-5-6-11-25-18(23)15-10-8-13-7-9-14(12-22)21-16(13)17(15)26-19(24)20(2,3)4;1-6-7-12-24-18(22)15-11-10-14-9-8-13(2)21-16(14)17(15)25-19(23)20(3,4)5;1-3-4-9-19-15(18)12-8-7-11-6-5-10(2)16-13(11)14(12)17;1-6-2-3-7-4-5-8(11(14)15)10(13)9(7)12-6/h7-10H,5-6,11-13H2,1-4H3;7-10H,5-6,11H2,1-4H3,(H,22,23);7-10,12H,5-6,11H2,1-4H3;8-11H,6-7,12H2,1-5H3;5-8,17H,3-4,9H2,1-2H3;2-5,13H,1H3,(H,14,15). The van der Waals surface area contributed by atoms with E-state index in [9.17, 15) is 87.2 Å². The van der Waals surface area contributed by atoms with Gasteiger partial charge in [-0.1, -0.05) is 140 Å². The van der Waals surface area contributed by atoms with Gasteiger partial charge in [-0.05, 0) is 209 Å². The van der Waals surface area contributed by atoms with Crippen LogP contribution < -0.4 is 18.9 Å². The summed E-state index contributed by atoms with van der Waals surface area (Å²) in [6.07, 6.45) is 8.68. The van der Waals surface area contributed by atoms with Crippen LogP contribution >= 0.6 is 0 Å². The van der Waals surface area contributed by atoms with Gasteiger partial charge >= 0.3 is 71.6 Å². The fourth-order valence-corrected chi connectivity index (χ4v) is 12.7. The van der Waals surface area contributed by atoms with Crippen molar-refractivity contribution in [3.05, 3.63) is 213 Å². The van der Waals surface area contributed by atoms with E-state index in [2.05, 4.69) is 29.9 Å². The van der Waals surface area contributed by atoms with Gasteiger partial charge in [0.05, 0.1) is 54.7 Å². The first-order chi connectivity index (χ1) is 68.9. The van der Waals surface area contributed by atoms with Crippen molar-refractivity contribution in [2.45, 2.75) is 216 Å². The van der Waals surface area contributed by atoms with Crippen molar-refractivity contribution in [1.82, 2.24) is 35.0 Å². The van der Waals surface area contributed by atoms with Gasteiger partial charge in [0.15, 0.2) is 46.5 Å². The van der Waals surface area contributed by atoms with Crippen molar-refractivity contribution in [3.63, 3.8) is 0 Å². The van der Waals surface area contributed by atoms with E-state index in [-0.39, 0.29) is 134 Å². The number of aryl methyl sites for hydroxylation is 3. The third-order valence-electron chi connectivity index (χ3n) is 21.3. The Hall–Kier alpha value is -16.2. The van der Waals surface area contributed by atoms with Crippen LogP contribution in [0.1, 0.15) is 305 Å². The number of carbonyl (C=O) groups excluding carboxylic acids is 13. The minimum absolute atomic E-state index is 0.0209. The van der Waals surface area contributed by atoms with Crippen LogP contribution in [0.5, 0.6) is 34.5 Å². The molecule has 0 atom stereocenters. The molecule has 7 heterocycles. The second kappa shape index (κ2) is 52.2. The number of carboxylic acids is 2. The lowest BCUT2D eigenvalue weighted by atomic mass is 9.97. The molecular formula is C110H123N7O29. The fraction of sp³-hybridized carbons (Fsp3) is 0.373. The summed E-state index contributed by atoms with van der Waals surface area (Å²) >= 11 is 0. The molecule has 4 N–H and O–H groups in total.